The molecule has 0 bridgehead atoms. The van der Waals surface area contributed by atoms with E-state index in [4.69, 9.17) is 4.74 Å². The Bertz CT molecular complexity index is 305. The van der Waals surface area contributed by atoms with Gasteiger partial charge in [-0.15, -0.1) is 0 Å². The van der Waals surface area contributed by atoms with Crippen LogP contribution >= 0.6 is 0 Å². The van der Waals surface area contributed by atoms with Gasteiger partial charge in [0.1, 0.15) is 0 Å². The number of hydrogen-bond acceptors (Lipinski definition) is 3. The van der Waals surface area contributed by atoms with Crippen molar-refractivity contribution >= 4 is 0 Å². The maximum Gasteiger partial charge on any atom is 0.0726 e. The van der Waals surface area contributed by atoms with Crippen molar-refractivity contribution in [2.24, 2.45) is 0 Å². The molecule has 0 aromatic carbocycles. The summed E-state index contributed by atoms with van der Waals surface area (Å²) in [7, 11) is 0. The molecule has 84 valence electrons. The van der Waals surface area contributed by atoms with E-state index in [-0.39, 0.29) is 0 Å². The molecule has 4 nitrogen and oxygen atoms in total. The highest BCUT2D eigenvalue weighted by atomic mass is 16.5. The number of hydrogen-bond donors (Lipinski definition) is 2. The Hall–Kier alpha value is -0.870. The maximum atomic E-state index is 5.63. The van der Waals surface area contributed by atoms with Crippen LogP contribution in [0.1, 0.15) is 31.0 Å². The largest absolute Gasteiger partial charge is 0.377 e. The Balaban J connectivity index is 1.80. The number of nitrogens with one attached hydrogen (secondary N) is 2. The van der Waals surface area contributed by atoms with E-state index in [1.165, 1.54) is 18.4 Å². The normalized spacial score (nSPS) is 23.2. The average molecular weight is 209 g/mol. The minimum Gasteiger partial charge on any atom is -0.377 e. The second kappa shape index (κ2) is 4.77. The van der Waals surface area contributed by atoms with Crippen LogP contribution in [0.5, 0.6) is 0 Å². The van der Waals surface area contributed by atoms with Gasteiger partial charge >= 0.3 is 0 Å². The second-order valence-corrected chi connectivity index (χ2v) is 4.24. The number of H-pyrrole nitrogens is 1. The molecule has 2 heterocycles. The second-order valence-electron chi connectivity index (χ2n) is 4.24. The summed E-state index contributed by atoms with van der Waals surface area (Å²) in [5.41, 5.74) is 2.38. The van der Waals surface area contributed by atoms with E-state index in [2.05, 4.69) is 22.4 Å². The van der Waals surface area contributed by atoms with E-state index in [0.717, 1.165) is 18.8 Å². The van der Waals surface area contributed by atoms with Gasteiger partial charge in [-0.05, 0) is 26.7 Å². The third kappa shape index (κ3) is 2.58. The van der Waals surface area contributed by atoms with Gasteiger partial charge in [0.05, 0.1) is 12.3 Å². The first-order chi connectivity index (χ1) is 7.27. The molecule has 1 fully saturated rings. The molecule has 0 spiro atoms. The van der Waals surface area contributed by atoms with Crippen molar-refractivity contribution in [3.63, 3.8) is 0 Å². The summed E-state index contributed by atoms with van der Waals surface area (Å²) in [6.07, 6.45) is 4.64. The van der Waals surface area contributed by atoms with Crippen molar-refractivity contribution in [1.29, 1.82) is 0 Å². The molecular weight excluding hydrogens is 190 g/mol. The van der Waals surface area contributed by atoms with Crippen LogP contribution in [0, 0.1) is 6.92 Å². The molecular formula is C11H19N3O. The predicted molar refractivity (Wildman–Crippen MR) is 58.6 cm³/mol. The van der Waals surface area contributed by atoms with Crippen LogP contribution < -0.4 is 5.32 Å². The Labute approximate surface area is 90.4 Å². The zero-order valence-corrected chi connectivity index (χ0v) is 9.42. The van der Waals surface area contributed by atoms with E-state index in [1.54, 1.807) is 0 Å². The molecule has 1 aliphatic rings. The fourth-order valence-corrected chi connectivity index (χ4v) is 1.95. The Kier molecular flexibility index (Phi) is 3.38. The van der Waals surface area contributed by atoms with Crippen LogP contribution in [0.3, 0.4) is 0 Å². The lowest BCUT2D eigenvalue weighted by Crippen LogP contribution is -2.36. The molecule has 0 radical (unpaired) electrons. The van der Waals surface area contributed by atoms with Crippen molar-refractivity contribution < 1.29 is 4.74 Å². The highest BCUT2D eigenvalue weighted by Crippen LogP contribution is 2.15. The summed E-state index contributed by atoms with van der Waals surface area (Å²) in [5.74, 6) is 0. The van der Waals surface area contributed by atoms with Crippen molar-refractivity contribution in [3.05, 3.63) is 17.5 Å². The van der Waals surface area contributed by atoms with Crippen LogP contribution in [-0.2, 0) is 11.3 Å². The maximum absolute atomic E-state index is 5.63. The minimum absolute atomic E-state index is 0.386. The number of aromatic nitrogens is 2. The third-order valence-electron chi connectivity index (χ3n) is 3.07. The first kappa shape index (κ1) is 10.6. The van der Waals surface area contributed by atoms with Crippen LogP contribution in [0.25, 0.3) is 0 Å². The highest BCUT2D eigenvalue weighted by molar-refractivity contribution is 5.13. The molecule has 0 unspecified atom stereocenters. The van der Waals surface area contributed by atoms with Crippen LogP contribution in [0.4, 0.5) is 0 Å². The Morgan fingerprint density at radius 3 is 3.20 bits per heavy atom. The first-order valence-electron chi connectivity index (χ1n) is 5.61. The smallest absolute Gasteiger partial charge is 0.0726 e. The summed E-state index contributed by atoms with van der Waals surface area (Å²) >= 11 is 0. The zero-order valence-electron chi connectivity index (χ0n) is 9.42. The van der Waals surface area contributed by atoms with Gasteiger partial charge in [-0.1, -0.05) is 0 Å². The van der Waals surface area contributed by atoms with Crippen LogP contribution in [0.15, 0.2) is 6.20 Å². The number of rotatable bonds is 4. The summed E-state index contributed by atoms with van der Waals surface area (Å²) in [4.78, 5) is 0. The quantitative estimate of drug-likeness (QED) is 0.787. The first-order valence-corrected chi connectivity index (χ1v) is 5.61. The molecule has 15 heavy (non-hydrogen) atoms. The molecule has 2 N–H and O–H groups in total. The van der Waals surface area contributed by atoms with Crippen molar-refractivity contribution in [2.75, 3.05) is 6.61 Å². The van der Waals surface area contributed by atoms with E-state index >= 15 is 0 Å². The lowest BCUT2D eigenvalue weighted by atomic mass is 10.1. The number of ether oxygens (including phenoxy) is 1. The molecule has 1 aromatic heterocycles. The van der Waals surface area contributed by atoms with E-state index < -0.39 is 0 Å². The fourth-order valence-electron chi connectivity index (χ4n) is 1.95. The van der Waals surface area contributed by atoms with Gasteiger partial charge in [0, 0.05) is 30.5 Å². The topological polar surface area (TPSA) is 49.9 Å². The number of aryl methyl sites for hydroxylation is 1. The van der Waals surface area contributed by atoms with E-state index in [1.807, 2.05) is 13.1 Å². The standard InChI is InChI=1S/C11H19N3O/c1-8-10(7-13-14-8)6-12-9(2)11-4-3-5-15-11/h7,9,11-12H,3-6H2,1-2H3,(H,13,14)/t9-,11+/m0/s1. The van der Waals surface area contributed by atoms with Gasteiger partial charge in [-0.3, -0.25) is 5.10 Å². The highest BCUT2D eigenvalue weighted by Gasteiger charge is 2.21. The Morgan fingerprint density at radius 1 is 1.73 bits per heavy atom. The molecule has 1 saturated heterocycles. The molecule has 1 aromatic rings. The van der Waals surface area contributed by atoms with Gasteiger partial charge < -0.3 is 10.1 Å². The molecule has 2 atom stereocenters. The third-order valence-corrected chi connectivity index (χ3v) is 3.07. The summed E-state index contributed by atoms with van der Waals surface area (Å²) in [6.45, 7) is 6.01. The number of nitrogens with zero attached hydrogens (tertiary/aromatic N) is 1. The molecule has 1 aliphatic heterocycles. The van der Waals surface area contributed by atoms with Crippen molar-refractivity contribution in [2.45, 2.75) is 45.4 Å². The van der Waals surface area contributed by atoms with E-state index in [0.29, 0.717) is 12.1 Å². The van der Waals surface area contributed by atoms with Crippen molar-refractivity contribution in [3.8, 4) is 0 Å². The van der Waals surface area contributed by atoms with Crippen molar-refractivity contribution in [1.82, 2.24) is 15.5 Å². The molecule has 0 saturated carbocycles. The lowest BCUT2D eigenvalue weighted by molar-refractivity contribution is 0.0832. The fraction of sp³-hybridized carbons (Fsp3) is 0.727. The van der Waals surface area contributed by atoms with Gasteiger partial charge in [0.15, 0.2) is 0 Å². The summed E-state index contributed by atoms with van der Waals surface area (Å²) in [6, 6.07) is 0.418. The summed E-state index contributed by atoms with van der Waals surface area (Å²) in [5, 5.41) is 10.4. The van der Waals surface area contributed by atoms with Gasteiger partial charge in [0.2, 0.25) is 0 Å². The van der Waals surface area contributed by atoms with E-state index in [9.17, 15) is 0 Å². The SMILES string of the molecule is Cc1[nH]ncc1CN[C@@H](C)[C@H]1CCCO1. The molecule has 2 rings (SSSR count). The minimum atomic E-state index is 0.386. The van der Waals surface area contributed by atoms with Gasteiger partial charge in [-0.2, -0.15) is 5.10 Å². The lowest BCUT2D eigenvalue weighted by Gasteiger charge is -2.19. The average Bonchev–Trinajstić information content (AvgIpc) is 2.85. The predicted octanol–water partition coefficient (Wildman–Crippen LogP) is 1.38. The van der Waals surface area contributed by atoms with Crippen LogP contribution in [0.2, 0.25) is 0 Å². The molecule has 4 heteroatoms. The molecule has 0 aliphatic carbocycles. The zero-order chi connectivity index (χ0) is 10.7. The van der Waals surface area contributed by atoms with Crippen LogP contribution in [-0.4, -0.2) is 29.0 Å². The monoisotopic (exact) mass is 209 g/mol. The van der Waals surface area contributed by atoms with Gasteiger partial charge in [0.25, 0.3) is 0 Å². The van der Waals surface area contributed by atoms with Gasteiger partial charge in [-0.25, -0.2) is 0 Å². The Morgan fingerprint density at radius 2 is 2.60 bits per heavy atom. The number of aromatic amines is 1. The summed E-state index contributed by atoms with van der Waals surface area (Å²) < 4.78 is 5.63. The molecule has 0 amide bonds.